The Morgan fingerprint density at radius 3 is 2.92 bits per heavy atom. The number of fused-ring (bicyclic) bond motifs is 1. The van der Waals surface area contributed by atoms with Gasteiger partial charge in [-0.25, -0.2) is 0 Å². The van der Waals surface area contributed by atoms with Crippen LogP contribution in [-0.4, -0.2) is 33.0 Å². The van der Waals surface area contributed by atoms with Crippen molar-refractivity contribution >= 4 is 23.4 Å². The number of aromatic nitrogens is 3. The maximum atomic E-state index is 12.6. The van der Waals surface area contributed by atoms with Gasteiger partial charge in [-0.05, 0) is 31.0 Å². The molecule has 1 aliphatic heterocycles. The SMILES string of the molecule is Cc1occc1-c1nnc(SCC(=O)N2CCc3ccccc32)n1C. The van der Waals surface area contributed by atoms with Gasteiger partial charge in [0.2, 0.25) is 5.91 Å². The number of thioether (sulfide) groups is 1. The van der Waals surface area contributed by atoms with E-state index >= 15 is 0 Å². The van der Waals surface area contributed by atoms with E-state index in [0.29, 0.717) is 5.75 Å². The third-order valence-corrected chi connectivity index (χ3v) is 5.45. The van der Waals surface area contributed by atoms with Gasteiger partial charge >= 0.3 is 0 Å². The van der Waals surface area contributed by atoms with Crippen molar-refractivity contribution in [2.75, 3.05) is 17.2 Å². The van der Waals surface area contributed by atoms with Crippen LogP contribution < -0.4 is 4.90 Å². The maximum absolute atomic E-state index is 12.6. The van der Waals surface area contributed by atoms with Crippen LogP contribution in [0.5, 0.6) is 0 Å². The molecule has 25 heavy (non-hydrogen) atoms. The summed E-state index contributed by atoms with van der Waals surface area (Å²) in [5, 5.41) is 9.18. The second kappa shape index (κ2) is 6.40. The number of aryl methyl sites for hydroxylation is 1. The highest BCUT2D eigenvalue weighted by molar-refractivity contribution is 7.99. The molecule has 0 atom stereocenters. The van der Waals surface area contributed by atoms with Crippen molar-refractivity contribution < 1.29 is 9.21 Å². The molecule has 1 amide bonds. The molecule has 3 aromatic rings. The molecule has 128 valence electrons. The number of benzene rings is 1. The largest absolute Gasteiger partial charge is 0.469 e. The first-order valence-corrected chi connectivity index (χ1v) is 9.08. The topological polar surface area (TPSA) is 64.2 Å². The summed E-state index contributed by atoms with van der Waals surface area (Å²) in [5.41, 5.74) is 3.18. The highest BCUT2D eigenvalue weighted by Crippen LogP contribution is 2.29. The average Bonchev–Trinajstić information content (AvgIpc) is 3.31. The van der Waals surface area contributed by atoms with Crippen molar-refractivity contribution in [2.24, 2.45) is 7.05 Å². The zero-order valence-corrected chi connectivity index (χ0v) is 14.9. The lowest BCUT2D eigenvalue weighted by Gasteiger charge is -2.16. The van der Waals surface area contributed by atoms with Crippen LogP contribution in [-0.2, 0) is 18.3 Å². The average molecular weight is 354 g/mol. The van der Waals surface area contributed by atoms with Crippen LogP contribution in [0.4, 0.5) is 5.69 Å². The van der Waals surface area contributed by atoms with Gasteiger partial charge in [-0.15, -0.1) is 10.2 Å². The van der Waals surface area contributed by atoms with Crippen molar-refractivity contribution in [3.63, 3.8) is 0 Å². The van der Waals surface area contributed by atoms with Gasteiger partial charge in [0, 0.05) is 19.3 Å². The smallest absolute Gasteiger partial charge is 0.237 e. The fourth-order valence-corrected chi connectivity index (χ4v) is 3.88. The predicted molar refractivity (Wildman–Crippen MR) is 96.7 cm³/mol. The molecule has 3 heterocycles. The Bertz CT molecular complexity index is 931. The first-order chi connectivity index (χ1) is 12.1. The molecule has 1 aliphatic rings. The Kier molecular flexibility index (Phi) is 4.09. The second-order valence-electron chi connectivity index (χ2n) is 5.97. The molecule has 0 spiro atoms. The van der Waals surface area contributed by atoms with E-state index in [1.165, 1.54) is 17.3 Å². The summed E-state index contributed by atoms with van der Waals surface area (Å²) in [6.07, 6.45) is 2.56. The van der Waals surface area contributed by atoms with Crippen molar-refractivity contribution in [2.45, 2.75) is 18.5 Å². The molecule has 1 aromatic carbocycles. The van der Waals surface area contributed by atoms with Crippen LogP contribution >= 0.6 is 11.8 Å². The van der Waals surface area contributed by atoms with E-state index < -0.39 is 0 Å². The first kappa shape index (κ1) is 16.0. The van der Waals surface area contributed by atoms with Crippen LogP contribution in [0.15, 0.2) is 46.2 Å². The van der Waals surface area contributed by atoms with Crippen LogP contribution in [0.1, 0.15) is 11.3 Å². The molecule has 0 aliphatic carbocycles. The summed E-state index contributed by atoms with van der Waals surface area (Å²) in [6.45, 7) is 2.64. The number of rotatable bonds is 4. The zero-order valence-electron chi connectivity index (χ0n) is 14.1. The monoisotopic (exact) mass is 354 g/mol. The van der Waals surface area contributed by atoms with Gasteiger partial charge in [-0.3, -0.25) is 4.79 Å². The number of hydrogen-bond acceptors (Lipinski definition) is 5. The van der Waals surface area contributed by atoms with E-state index in [9.17, 15) is 4.79 Å². The Labute approximate surface area is 149 Å². The lowest BCUT2D eigenvalue weighted by Crippen LogP contribution is -2.30. The predicted octanol–water partition coefficient (Wildman–Crippen LogP) is 3.06. The number of para-hydroxylation sites is 1. The standard InChI is InChI=1S/C18H18N4O2S/c1-12-14(8-10-24-12)17-19-20-18(21(17)2)25-11-16(23)22-9-7-13-5-3-4-6-15(13)22/h3-6,8,10H,7,9,11H2,1-2H3. The molecule has 4 rings (SSSR count). The molecule has 0 N–H and O–H groups in total. The minimum atomic E-state index is 0.0963. The molecule has 6 nitrogen and oxygen atoms in total. The van der Waals surface area contributed by atoms with Crippen molar-refractivity contribution in [1.29, 1.82) is 0 Å². The quantitative estimate of drug-likeness (QED) is 0.674. The van der Waals surface area contributed by atoms with Gasteiger partial charge in [0.05, 0.1) is 17.6 Å². The zero-order chi connectivity index (χ0) is 17.4. The molecule has 0 bridgehead atoms. The number of carbonyl (C=O) groups excluding carboxylic acids is 1. The van der Waals surface area contributed by atoms with Crippen LogP contribution in [0, 0.1) is 6.92 Å². The molecular weight excluding hydrogens is 336 g/mol. The van der Waals surface area contributed by atoms with E-state index in [2.05, 4.69) is 16.3 Å². The lowest BCUT2D eigenvalue weighted by molar-refractivity contribution is -0.116. The van der Waals surface area contributed by atoms with Crippen molar-refractivity contribution in [3.05, 3.63) is 47.9 Å². The number of hydrogen-bond donors (Lipinski definition) is 0. The van der Waals surface area contributed by atoms with Crippen LogP contribution in [0.25, 0.3) is 11.4 Å². The van der Waals surface area contributed by atoms with E-state index in [1.54, 1.807) is 6.26 Å². The summed E-state index contributed by atoms with van der Waals surface area (Å²) in [4.78, 5) is 14.5. The van der Waals surface area contributed by atoms with Crippen molar-refractivity contribution in [3.8, 4) is 11.4 Å². The molecule has 2 aromatic heterocycles. The molecule has 0 saturated carbocycles. The lowest BCUT2D eigenvalue weighted by atomic mass is 10.2. The summed E-state index contributed by atoms with van der Waals surface area (Å²) in [6, 6.07) is 9.95. The third-order valence-electron chi connectivity index (χ3n) is 4.45. The van der Waals surface area contributed by atoms with Gasteiger partial charge in [-0.1, -0.05) is 30.0 Å². The highest BCUT2D eigenvalue weighted by Gasteiger charge is 2.24. The molecule has 0 saturated heterocycles. The minimum absolute atomic E-state index is 0.0963. The molecule has 7 heteroatoms. The fourth-order valence-electron chi connectivity index (χ4n) is 3.09. The maximum Gasteiger partial charge on any atom is 0.237 e. The fraction of sp³-hybridized carbons (Fsp3) is 0.278. The minimum Gasteiger partial charge on any atom is -0.469 e. The molecular formula is C18H18N4O2S. The number of nitrogens with zero attached hydrogens (tertiary/aromatic N) is 4. The van der Waals surface area contributed by atoms with Gasteiger partial charge in [0.15, 0.2) is 11.0 Å². The van der Waals surface area contributed by atoms with Gasteiger partial charge in [0.25, 0.3) is 0 Å². The molecule has 0 unspecified atom stereocenters. The number of amides is 1. The summed E-state index contributed by atoms with van der Waals surface area (Å²) in [5.74, 6) is 1.98. The Morgan fingerprint density at radius 2 is 2.12 bits per heavy atom. The summed E-state index contributed by atoms with van der Waals surface area (Å²) >= 11 is 1.41. The Hall–Kier alpha value is -2.54. The first-order valence-electron chi connectivity index (χ1n) is 8.10. The van der Waals surface area contributed by atoms with E-state index in [-0.39, 0.29) is 5.91 Å². The summed E-state index contributed by atoms with van der Waals surface area (Å²) < 4.78 is 7.23. The third kappa shape index (κ3) is 2.84. The molecule has 0 radical (unpaired) electrons. The van der Waals surface area contributed by atoms with E-state index in [0.717, 1.165) is 41.0 Å². The molecule has 0 fully saturated rings. The van der Waals surface area contributed by atoms with Crippen LogP contribution in [0.2, 0.25) is 0 Å². The van der Waals surface area contributed by atoms with Gasteiger partial charge in [0.1, 0.15) is 5.76 Å². The van der Waals surface area contributed by atoms with Crippen LogP contribution in [0.3, 0.4) is 0 Å². The normalized spacial score (nSPS) is 13.3. The number of carbonyl (C=O) groups is 1. The van der Waals surface area contributed by atoms with Gasteiger partial charge < -0.3 is 13.9 Å². The Morgan fingerprint density at radius 1 is 1.28 bits per heavy atom. The summed E-state index contributed by atoms with van der Waals surface area (Å²) in [7, 11) is 1.90. The number of anilines is 1. The van der Waals surface area contributed by atoms with E-state index in [4.69, 9.17) is 4.42 Å². The number of furan rings is 1. The van der Waals surface area contributed by atoms with E-state index in [1.807, 2.05) is 47.7 Å². The van der Waals surface area contributed by atoms with Gasteiger partial charge in [-0.2, -0.15) is 0 Å². The van der Waals surface area contributed by atoms with Crippen molar-refractivity contribution in [1.82, 2.24) is 14.8 Å². The second-order valence-corrected chi connectivity index (χ2v) is 6.91. The Balaban J connectivity index is 1.47. The highest BCUT2D eigenvalue weighted by atomic mass is 32.2.